The van der Waals surface area contributed by atoms with Crippen LogP contribution in [0, 0.1) is 10.1 Å². The molecule has 2 aromatic carbocycles. The van der Waals surface area contributed by atoms with Gasteiger partial charge in [-0.1, -0.05) is 12.1 Å². The van der Waals surface area contributed by atoms with Gasteiger partial charge in [-0.2, -0.15) is 5.10 Å². The molecule has 0 atom stereocenters. The first-order valence-electron chi connectivity index (χ1n) is 7.48. The van der Waals surface area contributed by atoms with E-state index in [0.29, 0.717) is 22.4 Å². The maximum Gasteiger partial charge on any atom is 0.282 e. The predicted octanol–water partition coefficient (Wildman–Crippen LogP) is 2.01. The third-order valence-electron chi connectivity index (χ3n) is 3.71. The van der Waals surface area contributed by atoms with E-state index in [-0.39, 0.29) is 29.6 Å². The lowest BCUT2D eigenvalue weighted by atomic mass is 10.1. The summed E-state index contributed by atoms with van der Waals surface area (Å²) < 4.78 is 10.4. The summed E-state index contributed by atoms with van der Waals surface area (Å²) in [4.78, 5) is 29.4. The summed E-state index contributed by atoms with van der Waals surface area (Å²) >= 11 is 0. The molecule has 0 amide bonds. The third-order valence-corrected chi connectivity index (χ3v) is 3.71. The molecule has 4 rings (SSSR count). The topological polar surface area (TPSA) is 132 Å². The van der Waals surface area contributed by atoms with E-state index in [1.54, 1.807) is 24.3 Å². The van der Waals surface area contributed by atoms with Gasteiger partial charge in [0.15, 0.2) is 11.5 Å². The number of nitrogens with zero attached hydrogens (tertiary/aromatic N) is 3. The van der Waals surface area contributed by atoms with Crippen LogP contribution in [0.5, 0.6) is 11.5 Å². The van der Waals surface area contributed by atoms with Crippen LogP contribution in [0.4, 0.5) is 11.6 Å². The number of aromatic nitrogens is 2. The molecule has 26 heavy (non-hydrogen) atoms. The van der Waals surface area contributed by atoms with Crippen LogP contribution in [-0.4, -0.2) is 27.9 Å². The zero-order chi connectivity index (χ0) is 18.1. The Bertz CT molecular complexity index is 1110. The number of H-pyrrole nitrogens is 1. The first-order chi connectivity index (χ1) is 12.6. The number of hydrogen-bond donors (Lipinski definition) is 2. The van der Waals surface area contributed by atoms with Crippen LogP contribution < -0.4 is 20.5 Å². The lowest BCUT2D eigenvalue weighted by Gasteiger charge is -2.02. The third kappa shape index (κ3) is 2.79. The average molecular weight is 353 g/mol. The number of para-hydroxylation sites is 1. The standard InChI is InChI=1S/C16H11N5O5/c22-15-10-3-1-2-4-11(10)18-16(19-15)20-17-7-9-5-13-14(26-8-25-13)6-12(9)21(23)24/h1-7H,8H2,(H2,18,19,20,22)/b17-7+. The summed E-state index contributed by atoms with van der Waals surface area (Å²) in [6.07, 6.45) is 1.25. The van der Waals surface area contributed by atoms with Gasteiger partial charge < -0.3 is 9.47 Å². The van der Waals surface area contributed by atoms with Crippen molar-refractivity contribution in [2.24, 2.45) is 5.10 Å². The van der Waals surface area contributed by atoms with Gasteiger partial charge in [0, 0.05) is 0 Å². The van der Waals surface area contributed by atoms with Gasteiger partial charge in [0.05, 0.1) is 33.7 Å². The van der Waals surface area contributed by atoms with E-state index < -0.39 is 4.92 Å². The Hall–Kier alpha value is -3.95. The van der Waals surface area contributed by atoms with Crippen molar-refractivity contribution in [1.29, 1.82) is 0 Å². The lowest BCUT2D eigenvalue weighted by Crippen LogP contribution is -2.11. The van der Waals surface area contributed by atoms with Gasteiger partial charge in [-0.05, 0) is 18.2 Å². The second kappa shape index (κ2) is 6.16. The smallest absolute Gasteiger partial charge is 0.282 e. The number of hydrogen-bond acceptors (Lipinski definition) is 8. The van der Waals surface area contributed by atoms with Gasteiger partial charge in [0.25, 0.3) is 11.2 Å². The maximum absolute atomic E-state index is 12.0. The van der Waals surface area contributed by atoms with Crippen molar-refractivity contribution in [3.63, 3.8) is 0 Å². The molecule has 10 nitrogen and oxygen atoms in total. The highest BCUT2D eigenvalue weighted by atomic mass is 16.7. The fourth-order valence-corrected chi connectivity index (χ4v) is 2.51. The molecule has 10 heteroatoms. The number of nitro benzene ring substituents is 1. The number of nitro groups is 1. The highest BCUT2D eigenvalue weighted by Crippen LogP contribution is 2.37. The molecule has 1 aromatic heterocycles. The molecule has 2 N–H and O–H groups in total. The SMILES string of the molecule is O=c1[nH]c(N/N=C/c2cc3c(cc2[N+](=O)[O-])OCO3)nc2ccccc12. The monoisotopic (exact) mass is 353 g/mol. The number of anilines is 1. The molecule has 0 fully saturated rings. The molecule has 1 aliphatic heterocycles. The molecular formula is C16H11N5O5. The van der Waals surface area contributed by atoms with Crippen LogP contribution >= 0.6 is 0 Å². The minimum Gasteiger partial charge on any atom is -0.454 e. The number of nitrogens with one attached hydrogen (secondary N) is 2. The lowest BCUT2D eigenvalue weighted by molar-refractivity contribution is -0.385. The quantitative estimate of drug-likeness (QED) is 0.416. The normalized spacial score (nSPS) is 12.6. The van der Waals surface area contributed by atoms with Crippen LogP contribution in [0.3, 0.4) is 0 Å². The summed E-state index contributed by atoms with van der Waals surface area (Å²) in [5.74, 6) is 0.824. The molecule has 0 spiro atoms. The zero-order valence-electron chi connectivity index (χ0n) is 13.1. The van der Waals surface area contributed by atoms with Gasteiger partial charge >= 0.3 is 0 Å². The van der Waals surface area contributed by atoms with Gasteiger partial charge in [0.2, 0.25) is 12.7 Å². The average Bonchev–Trinajstić information content (AvgIpc) is 3.08. The number of rotatable bonds is 4. The largest absolute Gasteiger partial charge is 0.454 e. The van der Waals surface area contributed by atoms with Crippen molar-refractivity contribution >= 4 is 28.8 Å². The minimum atomic E-state index is -0.542. The van der Waals surface area contributed by atoms with E-state index >= 15 is 0 Å². The van der Waals surface area contributed by atoms with Gasteiger partial charge in [-0.25, -0.2) is 10.4 Å². The molecule has 3 aromatic rings. The molecule has 0 radical (unpaired) electrons. The van der Waals surface area contributed by atoms with Crippen LogP contribution in [-0.2, 0) is 0 Å². The molecule has 2 heterocycles. The summed E-state index contributed by atoms with van der Waals surface area (Å²) in [5.41, 5.74) is 2.79. The van der Waals surface area contributed by atoms with E-state index in [1.807, 2.05) is 0 Å². The number of aromatic amines is 1. The van der Waals surface area contributed by atoms with Crippen molar-refractivity contribution in [2.45, 2.75) is 0 Å². The van der Waals surface area contributed by atoms with E-state index in [2.05, 4.69) is 20.5 Å². The molecule has 1 aliphatic rings. The van der Waals surface area contributed by atoms with Gasteiger partial charge in [-0.3, -0.25) is 19.9 Å². The minimum absolute atomic E-state index is 0.00752. The second-order valence-electron chi connectivity index (χ2n) is 5.32. The molecule has 0 bridgehead atoms. The first kappa shape index (κ1) is 15.6. The summed E-state index contributed by atoms with van der Waals surface area (Å²) in [6.45, 7) is 0.00752. The van der Waals surface area contributed by atoms with Crippen molar-refractivity contribution in [2.75, 3.05) is 12.2 Å². The summed E-state index contributed by atoms with van der Waals surface area (Å²) in [5, 5.41) is 15.6. The van der Waals surface area contributed by atoms with Crippen molar-refractivity contribution < 1.29 is 14.4 Å². The molecule has 0 saturated heterocycles. The molecular weight excluding hydrogens is 342 g/mol. The van der Waals surface area contributed by atoms with Gasteiger partial charge in [-0.15, -0.1) is 0 Å². The Morgan fingerprint density at radius 2 is 2.04 bits per heavy atom. The number of benzene rings is 2. The Balaban J connectivity index is 1.63. The van der Waals surface area contributed by atoms with Crippen molar-refractivity contribution in [3.8, 4) is 11.5 Å². The summed E-state index contributed by atoms with van der Waals surface area (Å²) in [7, 11) is 0. The van der Waals surface area contributed by atoms with E-state index in [1.165, 1.54) is 18.3 Å². The Morgan fingerprint density at radius 1 is 1.27 bits per heavy atom. The number of ether oxygens (including phenoxy) is 2. The van der Waals surface area contributed by atoms with Crippen LogP contribution in [0.25, 0.3) is 10.9 Å². The number of fused-ring (bicyclic) bond motifs is 2. The van der Waals surface area contributed by atoms with E-state index in [0.717, 1.165) is 0 Å². The second-order valence-corrected chi connectivity index (χ2v) is 5.32. The fraction of sp³-hybridized carbons (Fsp3) is 0.0625. The zero-order valence-corrected chi connectivity index (χ0v) is 13.1. The Morgan fingerprint density at radius 3 is 2.85 bits per heavy atom. The van der Waals surface area contributed by atoms with E-state index in [4.69, 9.17) is 9.47 Å². The van der Waals surface area contributed by atoms with Crippen LogP contribution in [0.15, 0.2) is 46.3 Å². The molecule has 0 aliphatic carbocycles. The predicted molar refractivity (Wildman–Crippen MR) is 92.8 cm³/mol. The Labute approximate surface area is 145 Å². The highest BCUT2D eigenvalue weighted by Gasteiger charge is 2.22. The van der Waals surface area contributed by atoms with Crippen molar-refractivity contribution in [3.05, 3.63) is 62.4 Å². The highest BCUT2D eigenvalue weighted by molar-refractivity contribution is 5.87. The maximum atomic E-state index is 12.0. The number of hydrazone groups is 1. The first-order valence-corrected chi connectivity index (χ1v) is 7.48. The van der Waals surface area contributed by atoms with Crippen LogP contribution in [0.2, 0.25) is 0 Å². The molecule has 130 valence electrons. The Kier molecular flexibility index (Phi) is 3.69. The van der Waals surface area contributed by atoms with Gasteiger partial charge in [0.1, 0.15) is 0 Å². The fourth-order valence-electron chi connectivity index (χ4n) is 2.51. The molecule has 0 unspecified atom stereocenters. The molecule has 0 saturated carbocycles. The van der Waals surface area contributed by atoms with E-state index in [9.17, 15) is 14.9 Å². The summed E-state index contributed by atoms with van der Waals surface area (Å²) in [6, 6.07) is 9.59. The van der Waals surface area contributed by atoms with Crippen LogP contribution in [0.1, 0.15) is 5.56 Å². The van der Waals surface area contributed by atoms with Crippen molar-refractivity contribution in [1.82, 2.24) is 9.97 Å².